The molecule has 0 radical (unpaired) electrons. The Morgan fingerprint density at radius 1 is 0.350 bits per heavy atom. The molecule has 0 saturated carbocycles. The predicted octanol–water partition coefficient (Wildman–Crippen LogP) is 16.3. The maximum atomic E-state index is 12.8. The lowest BCUT2D eigenvalue weighted by molar-refractivity contribution is -0.166. The highest BCUT2D eigenvalue weighted by Gasteiger charge is 2.19. The maximum Gasteiger partial charge on any atom is 0.306 e. The van der Waals surface area contributed by atoms with Crippen LogP contribution in [-0.2, 0) is 28.6 Å². The molecule has 0 aromatic rings. The van der Waals surface area contributed by atoms with Crippen molar-refractivity contribution in [2.75, 3.05) is 13.2 Å². The van der Waals surface area contributed by atoms with E-state index in [0.717, 1.165) is 83.5 Å². The monoisotopic (exact) mass is 837 g/mol. The number of ether oxygens (including phenoxy) is 3. The number of carbonyl (C=O) groups is 3. The van der Waals surface area contributed by atoms with Gasteiger partial charge in [0.2, 0.25) is 0 Å². The maximum absolute atomic E-state index is 12.8. The molecule has 0 heterocycles. The molecule has 0 aromatic heterocycles. The van der Waals surface area contributed by atoms with E-state index in [4.69, 9.17) is 14.2 Å². The lowest BCUT2D eigenvalue weighted by atomic mass is 10.0. The topological polar surface area (TPSA) is 78.9 Å². The van der Waals surface area contributed by atoms with Gasteiger partial charge in [0.05, 0.1) is 0 Å². The van der Waals surface area contributed by atoms with E-state index in [-0.39, 0.29) is 37.5 Å². The highest BCUT2D eigenvalue weighted by Crippen LogP contribution is 2.15. The predicted molar refractivity (Wildman–Crippen MR) is 256 cm³/mol. The molecular weight excluding hydrogens is 745 g/mol. The van der Waals surface area contributed by atoms with Gasteiger partial charge in [-0.25, -0.2) is 0 Å². The molecule has 0 N–H and O–H groups in total. The summed E-state index contributed by atoms with van der Waals surface area (Å²) in [6.07, 6.45) is 60.4. The van der Waals surface area contributed by atoms with Crippen LogP contribution in [0.2, 0.25) is 0 Å². The number of rotatable bonds is 44. The SMILES string of the molecule is CC/C=C\C/C=C\C/C=C\C/C=C\C/C=C\CCC(=O)OCC(COC(=O)CCCCCCC/C=C\CCCCC)OC(=O)CCCCCCCCCCCCCCCC. The van der Waals surface area contributed by atoms with E-state index in [9.17, 15) is 14.4 Å². The van der Waals surface area contributed by atoms with Gasteiger partial charge >= 0.3 is 17.9 Å². The summed E-state index contributed by atoms with van der Waals surface area (Å²) in [7, 11) is 0. The minimum atomic E-state index is -0.805. The number of unbranched alkanes of at least 4 members (excludes halogenated alkanes) is 21. The summed E-state index contributed by atoms with van der Waals surface area (Å²) in [6, 6.07) is 0. The number of hydrogen-bond acceptors (Lipinski definition) is 6. The van der Waals surface area contributed by atoms with Gasteiger partial charge in [-0.3, -0.25) is 14.4 Å². The number of hydrogen-bond donors (Lipinski definition) is 0. The third kappa shape index (κ3) is 45.9. The summed E-state index contributed by atoms with van der Waals surface area (Å²) in [5, 5.41) is 0. The van der Waals surface area contributed by atoms with Crippen molar-refractivity contribution in [3.05, 3.63) is 72.9 Å². The quantitative estimate of drug-likeness (QED) is 0.0263. The van der Waals surface area contributed by atoms with E-state index in [1.165, 1.54) is 103 Å². The minimum Gasteiger partial charge on any atom is -0.462 e. The average Bonchev–Trinajstić information content (AvgIpc) is 3.24. The molecule has 0 saturated heterocycles. The van der Waals surface area contributed by atoms with Crippen LogP contribution in [0.3, 0.4) is 0 Å². The number of allylic oxidation sites excluding steroid dienone is 12. The van der Waals surface area contributed by atoms with Crippen molar-refractivity contribution >= 4 is 17.9 Å². The Labute approximate surface area is 370 Å². The Morgan fingerprint density at radius 2 is 0.683 bits per heavy atom. The van der Waals surface area contributed by atoms with Crippen LogP contribution in [0.25, 0.3) is 0 Å². The highest BCUT2D eigenvalue weighted by atomic mass is 16.6. The molecule has 6 heteroatoms. The Balaban J connectivity index is 4.49. The van der Waals surface area contributed by atoms with Crippen molar-refractivity contribution in [1.29, 1.82) is 0 Å². The largest absolute Gasteiger partial charge is 0.462 e. The first-order valence-electron chi connectivity index (χ1n) is 24.9. The fourth-order valence-corrected chi connectivity index (χ4v) is 6.72. The zero-order valence-corrected chi connectivity index (χ0v) is 39.2. The first-order chi connectivity index (χ1) is 29.5. The van der Waals surface area contributed by atoms with Gasteiger partial charge < -0.3 is 14.2 Å². The molecule has 0 spiro atoms. The Morgan fingerprint density at radius 3 is 1.15 bits per heavy atom. The summed E-state index contributed by atoms with van der Waals surface area (Å²) >= 11 is 0. The number of carbonyl (C=O) groups excluding carboxylic acids is 3. The van der Waals surface area contributed by atoms with Crippen LogP contribution in [0.5, 0.6) is 0 Å². The van der Waals surface area contributed by atoms with Gasteiger partial charge in [-0.05, 0) is 77.0 Å². The van der Waals surface area contributed by atoms with E-state index >= 15 is 0 Å². The van der Waals surface area contributed by atoms with Crippen molar-refractivity contribution in [1.82, 2.24) is 0 Å². The molecule has 0 aliphatic heterocycles. The van der Waals surface area contributed by atoms with Gasteiger partial charge in [-0.2, -0.15) is 0 Å². The zero-order valence-electron chi connectivity index (χ0n) is 39.2. The van der Waals surface area contributed by atoms with Crippen molar-refractivity contribution in [2.45, 2.75) is 239 Å². The first-order valence-corrected chi connectivity index (χ1v) is 24.9. The third-order valence-corrected chi connectivity index (χ3v) is 10.5. The first kappa shape index (κ1) is 56.9. The van der Waals surface area contributed by atoms with Gasteiger partial charge in [0, 0.05) is 19.3 Å². The molecule has 0 amide bonds. The van der Waals surface area contributed by atoms with Crippen LogP contribution < -0.4 is 0 Å². The smallest absolute Gasteiger partial charge is 0.306 e. The summed E-state index contributed by atoms with van der Waals surface area (Å²) < 4.78 is 16.7. The van der Waals surface area contributed by atoms with E-state index < -0.39 is 6.10 Å². The lowest BCUT2D eigenvalue weighted by Gasteiger charge is -2.18. The van der Waals surface area contributed by atoms with Gasteiger partial charge in [0.15, 0.2) is 6.10 Å². The van der Waals surface area contributed by atoms with Crippen molar-refractivity contribution in [3.63, 3.8) is 0 Å². The third-order valence-electron chi connectivity index (χ3n) is 10.5. The standard InChI is InChI=1S/C54H92O6/c1-4-7-10-13-16-19-22-25-27-28-30-32-35-38-41-44-47-53(56)59-50-51(49-58-52(55)46-43-40-37-34-31-24-21-18-15-12-9-6-3)60-54(57)48-45-42-39-36-33-29-26-23-20-17-14-11-8-5-2/h7,10,16,18-19,21,25,27,30,32,38,41,51H,4-6,8-9,11-15,17,20,22-24,26,28-29,31,33-37,39-40,42-50H2,1-3H3/b10-7-,19-16-,21-18-,27-25-,32-30-,41-38-. The van der Waals surface area contributed by atoms with Crippen LogP contribution >= 0.6 is 0 Å². The van der Waals surface area contributed by atoms with E-state index in [1.807, 2.05) is 6.08 Å². The fraction of sp³-hybridized carbons (Fsp3) is 0.722. The lowest BCUT2D eigenvalue weighted by Crippen LogP contribution is -2.30. The molecule has 344 valence electrons. The summed E-state index contributed by atoms with van der Waals surface area (Å²) in [4.78, 5) is 37.9. The summed E-state index contributed by atoms with van der Waals surface area (Å²) in [6.45, 7) is 6.42. The van der Waals surface area contributed by atoms with Gasteiger partial charge in [0.1, 0.15) is 13.2 Å². The second-order valence-corrected chi connectivity index (χ2v) is 16.3. The Hall–Kier alpha value is -3.15. The van der Waals surface area contributed by atoms with Crippen LogP contribution in [0.4, 0.5) is 0 Å². The second kappa shape index (κ2) is 48.5. The molecule has 0 rings (SSSR count). The van der Waals surface area contributed by atoms with Gasteiger partial charge in [0.25, 0.3) is 0 Å². The Kier molecular flexibility index (Phi) is 46.0. The number of esters is 3. The average molecular weight is 837 g/mol. The van der Waals surface area contributed by atoms with E-state index in [1.54, 1.807) is 0 Å². The van der Waals surface area contributed by atoms with Crippen molar-refractivity contribution in [2.24, 2.45) is 0 Å². The fourth-order valence-electron chi connectivity index (χ4n) is 6.72. The molecule has 0 fully saturated rings. The van der Waals surface area contributed by atoms with Crippen molar-refractivity contribution in [3.8, 4) is 0 Å². The molecule has 0 aromatic carbocycles. The molecular formula is C54H92O6. The van der Waals surface area contributed by atoms with Crippen LogP contribution in [0.15, 0.2) is 72.9 Å². The van der Waals surface area contributed by atoms with Crippen LogP contribution in [0.1, 0.15) is 233 Å². The van der Waals surface area contributed by atoms with Crippen LogP contribution in [0, 0.1) is 0 Å². The molecule has 60 heavy (non-hydrogen) atoms. The molecule has 0 bridgehead atoms. The van der Waals surface area contributed by atoms with Gasteiger partial charge in [-0.15, -0.1) is 0 Å². The molecule has 1 atom stereocenters. The Bertz CT molecular complexity index is 1140. The summed E-state index contributed by atoms with van der Waals surface area (Å²) in [5.41, 5.74) is 0. The van der Waals surface area contributed by atoms with E-state index in [2.05, 4.69) is 87.6 Å². The molecule has 0 aliphatic rings. The minimum absolute atomic E-state index is 0.101. The van der Waals surface area contributed by atoms with Crippen LogP contribution in [-0.4, -0.2) is 37.2 Å². The van der Waals surface area contributed by atoms with Gasteiger partial charge in [-0.1, -0.05) is 209 Å². The molecule has 1 unspecified atom stereocenters. The van der Waals surface area contributed by atoms with Crippen molar-refractivity contribution < 1.29 is 28.6 Å². The second-order valence-electron chi connectivity index (χ2n) is 16.3. The highest BCUT2D eigenvalue weighted by molar-refractivity contribution is 5.71. The zero-order chi connectivity index (χ0) is 43.7. The summed E-state index contributed by atoms with van der Waals surface area (Å²) in [5.74, 6) is -0.995. The molecule has 0 aliphatic carbocycles. The normalized spacial score (nSPS) is 12.7. The molecule has 6 nitrogen and oxygen atoms in total. The van der Waals surface area contributed by atoms with E-state index in [0.29, 0.717) is 19.3 Å².